The highest BCUT2D eigenvalue weighted by Gasteiger charge is 2.21. The van der Waals surface area contributed by atoms with Crippen LogP contribution in [0.25, 0.3) is 0 Å². The first-order valence-electron chi connectivity index (χ1n) is 7.74. The Balaban J connectivity index is 1.48. The van der Waals surface area contributed by atoms with Crippen LogP contribution in [0, 0.1) is 0 Å². The maximum atomic E-state index is 12.2. The Labute approximate surface area is 149 Å². The van der Waals surface area contributed by atoms with Crippen molar-refractivity contribution in [3.05, 3.63) is 58.6 Å². The molecule has 0 saturated carbocycles. The second-order valence-corrected chi connectivity index (χ2v) is 6.58. The van der Waals surface area contributed by atoms with Crippen molar-refractivity contribution in [3.8, 4) is 11.5 Å². The molecule has 1 aliphatic rings. The lowest BCUT2D eigenvalue weighted by Crippen LogP contribution is -2.44. The van der Waals surface area contributed by atoms with Gasteiger partial charge >= 0.3 is 6.03 Å². The van der Waals surface area contributed by atoms with E-state index in [-0.39, 0.29) is 12.1 Å². The van der Waals surface area contributed by atoms with Gasteiger partial charge in [0.05, 0.1) is 6.54 Å². The molecule has 126 valence electrons. The summed E-state index contributed by atoms with van der Waals surface area (Å²) in [6.45, 7) is 1.37. The molecule has 1 N–H and O–H groups in total. The molecule has 1 heterocycles. The molecule has 0 fully saturated rings. The Morgan fingerprint density at radius 3 is 2.67 bits per heavy atom. The first-order chi connectivity index (χ1) is 11.6. The van der Waals surface area contributed by atoms with Crippen LogP contribution in [0.2, 0.25) is 0 Å². The van der Waals surface area contributed by atoms with Crippen LogP contribution in [0.5, 0.6) is 11.5 Å². The third-order valence-corrected chi connectivity index (χ3v) is 4.26. The van der Waals surface area contributed by atoms with Gasteiger partial charge in [0.1, 0.15) is 6.61 Å². The zero-order chi connectivity index (χ0) is 16.9. The number of nitrogens with zero attached hydrogens (tertiary/aromatic N) is 1. The van der Waals surface area contributed by atoms with Crippen LogP contribution in [-0.4, -0.2) is 37.2 Å². The minimum Gasteiger partial charge on any atom is -0.486 e. The fourth-order valence-electron chi connectivity index (χ4n) is 2.44. The number of amides is 2. The van der Waals surface area contributed by atoms with E-state index >= 15 is 0 Å². The fourth-order valence-corrected chi connectivity index (χ4v) is 2.70. The number of ether oxygens (including phenoxy) is 2. The number of hydrogen-bond acceptors (Lipinski definition) is 3. The lowest BCUT2D eigenvalue weighted by Gasteiger charge is -2.27. The molecule has 6 heteroatoms. The molecular formula is C18H19BrN2O3. The third kappa shape index (κ3) is 4.20. The Morgan fingerprint density at radius 1 is 1.21 bits per heavy atom. The molecule has 0 saturated heterocycles. The van der Waals surface area contributed by atoms with Gasteiger partial charge in [0.15, 0.2) is 17.6 Å². The Kier molecular flexibility index (Phi) is 5.25. The summed E-state index contributed by atoms with van der Waals surface area (Å²) in [4.78, 5) is 13.9. The minimum atomic E-state index is -0.190. The van der Waals surface area contributed by atoms with E-state index in [4.69, 9.17) is 9.47 Å². The van der Waals surface area contributed by atoms with Crippen molar-refractivity contribution in [2.24, 2.45) is 0 Å². The highest BCUT2D eigenvalue weighted by molar-refractivity contribution is 9.10. The van der Waals surface area contributed by atoms with E-state index in [1.807, 2.05) is 48.5 Å². The van der Waals surface area contributed by atoms with Gasteiger partial charge in [-0.3, -0.25) is 0 Å². The molecule has 0 aromatic heterocycles. The Hall–Kier alpha value is -2.21. The molecule has 2 aromatic carbocycles. The molecule has 1 atom stereocenters. The molecule has 0 spiro atoms. The predicted molar refractivity (Wildman–Crippen MR) is 95.4 cm³/mol. The number of halogens is 1. The van der Waals surface area contributed by atoms with E-state index in [1.165, 1.54) is 0 Å². The molecule has 0 bridgehead atoms. The van der Waals surface area contributed by atoms with Gasteiger partial charge < -0.3 is 19.7 Å². The summed E-state index contributed by atoms with van der Waals surface area (Å²) in [5.74, 6) is 1.46. The number of carbonyl (C=O) groups is 1. The van der Waals surface area contributed by atoms with E-state index in [2.05, 4.69) is 21.2 Å². The predicted octanol–water partition coefficient (Wildman–Crippen LogP) is 3.43. The average Bonchev–Trinajstić information content (AvgIpc) is 2.61. The molecular weight excluding hydrogens is 372 g/mol. The van der Waals surface area contributed by atoms with Crippen LogP contribution in [0.4, 0.5) is 4.79 Å². The zero-order valence-corrected chi connectivity index (χ0v) is 15.0. The van der Waals surface area contributed by atoms with Gasteiger partial charge in [-0.1, -0.05) is 40.2 Å². The van der Waals surface area contributed by atoms with E-state index in [0.717, 1.165) is 15.8 Å². The molecule has 24 heavy (non-hydrogen) atoms. The maximum absolute atomic E-state index is 12.2. The summed E-state index contributed by atoms with van der Waals surface area (Å²) in [6, 6.07) is 15.3. The molecule has 2 amide bonds. The summed E-state index contributed by atoms with van der Waals surface area (Å²) < 4.78 is 12.5. The largest absolute Gasteiger partial charge is 0.486 e. The van der Waals surface area contributed by atoms with Gasteiger partial charge in [0.25, 0.3) is 0 Å². The molecule has 0 radical (unpaired) electrons. The summed E-state index contributed by atoms with van der Waals surface area (Å²) in [5.41, 5.74) is 1.07. The van der Waals surface area contributed by atoms with Crippen LogP contribution >= 0.6 is 15.9 Å². The van der Waals surface area contributed by atoms with Crippen LogP contribution in [0.15, 0.2) is 53.0 Å². The normalized spacial score (nSPS) is 15.7. The fraction of sp³-hybridized carbons (Fsp3) is 0.278. The molecule has 0 aliphatic carbocycles. The van der Waals surface area contributed by atoms with Crippen molar-refractivity contribution in [3.63, 3.8) is 0 Å². The minimum absolute atomic E-state index is 0.139. The number of rotatable bonds is 4. The van der Waals surface area contributed by atoms with Crippen LogP contribution in [0.1, 0.15) is 5.56 Å². The van der Waals surface area contributed by atoms with Gasteiger partial charge in [0, 0.05) is 18.1 Å². The smallest absolute Gasteiger partial charge is 0.317 e. The number of benzene rings is 2. The van der Waals surface area contributed by atoms with Gasteiger partial charge in [-0.25, -0.2) is 4.79 Å². The van der Waals surface area contributed by atoms with E-state index in [0.29, 0.717) is 25.4 Å². The highest BCUT2D eigenvalue weighted by Crippen LogP contribution is 2.30. The van der Waals surface area contributed by atoms with Crippen molar-refractivity contribution in [1.29, 1.82) is 0 Å². The SMILES string of the molecule is CN(Cc1ccc(Br)cc1)C(=O)NCC1COc2ccccc2O1. The van der Waals surface area contributed by atoms with Gasteiger partial charge in [-0.2, -0.15) is 0 Å². The summed E-state index contributed by atoms with van der Waals surface area (Å²) in [7, 11) is 1.77. The number of carbonyl (C=O) groups excluding carboxylic acids is 1. The molecule has 3 rings (SSSR count). The molecule has 5 nitrogen and oxygen atoms in total. The van der Waals surface area contributed by atoms with Crippen LogP contribution in [-0.2, 0) is 6.54 Å². The average molecular weight is 391 g/mol. The van der Waals surface area contributed by atoms with Gasteiger partial charge in [-0.15, -0.1) is 0 Å². The number of nitrogens with one attached hydrogen (secondary N) is 1. The second-order valence-electron chi connectivity index (χ2n) is 5.67. The summed E-state index contributed by atoms with van der Waals surface area (Å²) in [5, 5.41) is 2.89. The van der Waals surface area contributed by atoms with Gasteiger partial charge in [-0.05, 0) is 29.8 Å². The van der Waals surface area contributed by atoms with Gasteiger partial charge in [0.2, 0.25) is 0 Å². The number of hydrogen-bond donors (Lipinski definition) is 1. The molecule has 2 aromatic rings. The number of fused-ring (bicyclic) bond motifs is 1. The topological polar surface area (TPSA) is 50.8 Å². The van der Waals surface area contributed by atoms with E-state index in [9.17, 15) is 4.79 Å². The monoisotopic (exact) mass is 390 g/mol. The van der Waals surface area contributed by atoms with Crippen LogP contribution < -0.4 is 14.8 Å². The summed E-state index contributed by atoms with van der Waals surface area (Å²) in [6.07, 6.45) is -0.190. The lowest BCUT2D eigenvalue weighted by atomic mass is 10.2. The lowest BCUT2D eigenvalue weighted by molar-refractivity contribution is 0.0904. The first kappa shape index (κ1) is 16.6. The number of para-hydroxylation sites is 2. The van der Waals surface area contributed by atoms with Crippen molar-refractivity contribution in [1.82, 2.24) is 10.2 Å². The number of urea groups is 1. The zero-order valence-electron chi connectivity index (χ0n) is 13.4. The van der Waals surface area contributed by atoms with Crippen molar-refractivity contribution >= 4 is 22.0 Å². The molecule has 1 aliphatic heterocycles. The van der Waals surface area contributed by atoms with E-state index in [1.54, 1.807) is 11.9 Å². The Bertz CT molecular complexity index is 706. The van der Waals surface area contributed by atoms with E-state index < -0.39 is 0 Å². The first-order valence-corrected chi connectivity index (χ1v) is 8.53. The van der Waals surface area contributed by atoms with Crippen molar-refractivity contribution in [2.75, 3.05) is 20.2 Å². The standard InChI is InChI=1S/C18H19BrN2O3/c1-21(11-13-6-8-14(19)9-7-13)18(22)20-10-15-12-23-16-4-2-3-5-17(16)24-15/h2-9,15H,10-12H2,1H3,(H,20,22). The van der Waals surface area contributed by atoms with Crippen molar-refractivity contribution < 1.29 is 14.3 Å². The summed E-state index contributed by atoms with van der Waals surface area (Å²) >= 11 is 3.40. The maximum Gasteiger partial charge on any atom is 0.317 e. The van der Waals surface area contributed by atoms with Crippen molar-refractivity contribution in [2.45, 2.75) is 12.6 Å². The van der Waals surface area contributed by atoms with Crippen LogP contribution in [0.3, 0.4) is 0 Å². The second kappa shape index (κ2) is 7.57. The molecule has 1 unspecified atom stereocenters. The highest BCUT2D eigenvalue weighted by atomic mass is 79.9. The quantitative estimate of drug-likeness (QED) is 0.869. The Morgan fingerprint density at radius 2 is 1.92 bits per heavy atom. The third-order valence-electron chi connectivity index (χ3n) is 3.73.